The number of aromatic amines is 1. The summed E-state index contributed by atoms with van der Waals surface area (Å²) in [6.07, 6.45) is 5.41. The van der Waals surface area contributed by atoms with Gasteiger partial charge in [0.1, 0.15) is 5.69 Å². The van der Waals surface area contributed by atoms with Crippen molar-refractivity contribution in [2.24, 2.45) is 7.05 Å². The molecule has 0 bridgehead atoms. The number of aryl methyl sites for hydroxylation is 1. The average molecular weight is 476 g/mol. The molecule has 4 heterocycles. The van der Waals surface area contributed by atoms with E-state index in [0.717, 1.165) is 54.0 Å². The van der Waals surface area contributed by atoms with Gasteiger partial charge in [-0.05, 0) is 19.2 Å². The highest BCUT2D eigenvalue weighted by Crippen LogP contribution is 2.32. The van der Waals surface area contributed by atoms with E-state index in [1.807, 2.05) is 37.5 Å². The maximum Gasteiger partial charge on any atom is 0.256 e. The molecule has 11 nitrogen and oxygen atoms in total. The molecule has 0 radical (unpaired) electrons. The predicted octanol–water partition coefficient (Wildman–Crippen LogP) is 2.30. The Morgan fingerprint density at radius 2 is 1.97 bits per heavy atom. The van der Waals surface area contributed by atoms with Crippen molar-refractivity contribution in [2.75, 3.05) is 57.5 Å². The monoisotopic (exact) mass is 475 g/mol. The van der Waals surface area contributed by atoms with Gasteiger partial charge in [-0.25, -0.2) is 9.97 Å². The number of anilines is 3. The summed E-state index contributed by atoms with van der Waals surface area (Å²) in [6.45, 7) is 4.14. The van der Waals surface area contributed by atoms with Crippen molar-refractivity contribution in [1.29, 1.82) is 0 Å². The van der Waals surface area contributed by atoms with Crippen LogP contribution in [0.4, 0.5) is 17.3 Å². The van der Waals surface area contributed by atoms with Gasteiger partial charge >= 0.3 is 0 Å². The third-order valence-electron chi connectivity index (χ3n) is 6.12. The van der Waals surface area contributed by atoms with Gasteiger partial charge in [-0.15, -0.1) is 5.10 Å². The summed E-state index contributed by atoms with van der Waals surface area (Å²) >= 11 is 0. The zero-order chi connectivity index (χ0) is 24.4. The number of amides is 1. The quantitative estimate of drug-likeness (QED) is 0.373. The highest BCUT2D eigenvalue weighted by Gasteiger charge is 2.18. The van der Waals surface area contributed by atoms with Gasteiger partial charge in [-0.1, -0.05) is 12.1 Å². The van der Waals surface area contributed by atoms with Gasteiger partial charge in [0.15, 0.2) is 0 Å². The maximum absolute atomic E-state index is 12.7. The van der Waals surface area contributed by atoms with E-state index in [0.29, 0.717) is 24.1 Å². The number of aromatic nitrogens is 5. The van der Waals surface area contributed by atoms with Gasteiger partial charge in [0, 0.05) is 56.6 Å². The van der Waals surface area contributed by atoms with Crippen molar-refractivity contribution >= 4 is 34.1 Å². The Kier molecular flexibility index (Phi) is 6.34. The Balaban J connectivity index is 1.35. The summed E-state index contributed by atoms with van der Waals surface area (Å²) in [6, 6.07) is 7.71. The van der Waals surface area contributed by atoms with Crippen molar-refractivity contribution in [3.8, 4) is 17.1 Å². The molecule has 1 aromatic carbocycles. The summed E-state index contributed by atoms with van der Waals surface area (Å²) in [5.74, 6) is 0.877. The molecule has 3 aromatic heterocycles. The molecule has 1 aliphatic rings. The number of para-hydroxylation sites is 1. The Morgan fingerprint density at radius 3 is 2.77 bits per heavy atom. The number of hydrogen-bond acceptors (Lipinski definition) is 8. The molecule has 1 amide bonds. The fraction of sp³-hybridized carbons (Fsp3) is 0.333. The minimum Gasteiger partial charge on any atom is -0.478 e. The van der Waals surface area contributed by atoms with Gasteiger partial charge in [0.05, 0.1) is 36.7 Å². The van der Waals surface area contributed by atoms with E-state index in [1.54, 1.807) is 24.2 Å². The smallest absolute Gasteiger partial charge is 0.256 e. The summed E-state index contributed by atoms with van der Waals surface area (Å²) in [5, 5.41) is 11.4. The van der Waals surface area contributed by atoms with Crippen LogP contribution in [0.5, 0.6) is 5.88 Å². The number of fused-ring (bicyclic) bond motifs is 1. The third kappa shape index (κ3) is 4.96. The van der Waals surface area contributed by atoms with Crippen LogP contribution in [0.15, 0.2) is 42.9 Å². The van der Waals surface area contributed by atoms with E-state index in [4.69, 9.17) is 4.74 Å². The molecule has 5 rings (SSSR count). The molecule has 35 heavy (non-hydrogen) atoms. The van der Waals surface area contributed by atoms with E-state index < -0.39 is 0 Å². The first-order chi connectivity index (χ1) is 17.0. The van der Waals surface area contributed by atoms with Gasteiger partial charge < -0.3 is 25.3 Å². The number of benzene rings is 1. The summed E-state index contributed by atoms with van der Waals surface area (Å²) in [5.41, 5.74) is 3.95. The molecule has 1 saturated heterocycles. The first-order valence-corrected chi connectivity index (χ1v) is 11.5. The maximum atomic E-state index is 12.7. The lowest BCUT2D eigenvalue weighted by Gasteiger charge is -2.31. The fourth-order valence-corrected chi connectivity index (χ4v) is 4.26. The summed E-state index contributed by atoms with van der Waals surface area (Å²) in [7, 11) is 5.49. The number of hydrogen-bond donors (Lipinski definition) is 3. The van der Waals surface area contributed by atoms with Crippen LogP contribution in [-0.2, 0) is 11.8 Å². The van der Waals surface area contributed by atoms with Crippen molar-refractivity contribution in [3.05, 3.63) is 42.9 Å². The largest absolute Gasteiger partial charge is 0.478 e. The number of likely N-dealkylation sites (N-methyl/N-ethyl adjacent to an activating group) is 1. The molecule has 4 aromatic rings. The third-order valence-corrected chi connectivity index (χ3v) is 6.12. The highest BCUT2D eigenvalue weighted by atomic mass is 16.5. The minimum atomic E-state index is -0.0165. The SMILES string of the molecule is COc1nn(C)cc1Nc1nccc(-c2c[nH]c3c(NC(=O)CN4CCN(C)CC4)cccc23)n1. The van der Waals surface area contributed by atoms with Gasteiger partial charge in [-0.2, -0.15) is 0 Å². The van der Waals surface area contributed by atoms with Crippen LogP contribution >= 0.6 is 0 Å². The number of carbonyl (C=O) groups excluding carboxylic acids is 1. The second-order valence-electron chi connectivity index (χ2n) is 8.67. The van der Waals surface area contributed by atoms with Gasteiger partial charge in [0.2, 0.25) is 11.9 Å². The standard InChI is InChI=1S/C24H29N9O2/c1-31-9-11-33(12-10-31)15-21(34)27-19-6-4-5-16-17(13-26-22(16)19)18-7-8-25-24(28-18)29-20-14-32(2)30-23(20)35-3/h4-8,13-14,26H,9-12,15H2,1-3H3,(H,27,34)(H,25,28,29). The van der Waals surface area contributed by atoms with Crippen molar-refractivity contribution in [2.45, 2.75) is 0 Å². The number of ether oxygens (including phenoxy) is 1. The Labute approximate surface area is 203 Å². The van der Waals surface area contributed by atoms with Crippen molar-refractivity contribution in [3.63, 3.8) is 0 Å². The molecule has 182 valence electrons. The Morgan fingerprint density at radius 1 is 1.14 bits per heavy atom. The van der Waals surface area contributed by atoms with Crippen LogP contribution < -0.4 is 15.4 Å². The van der Waals surface area contributed by atoms with Crippen molar-refractivity contribution < 1.29 is 9.53 Å². The van der Waals surface area contributed by atoms with E-state index in [2.05, 4.69) is 47.5 Å². The Bertz CT molecular complexity index is 1340. The first kappa shape index (κ1) is 22.8. The lowest BCUT2D eigenvalue weighted by atomic mass is 10.1. The molecule has 1 fully saturated rings. The minimum absolute atomic E-state index is 0.0165. The van der Waals surface area contributed by atoms with Crippen LogP contribution in [0.25, 0.3) is 22.2 Å². The molecule has 0 unspecified atom stereocenters. The predicted molar refractivity (Wildman–Crippen MR) is 135 cm³/mol. The lowest BCUT2D eigenvalue weighted by Crippen LogP contribution is -2.47. The van der Waals surface area contributed by atoms with Crippen LogP contribution in [0.2, 0.25) is 0 Å². The second-order valence-corrected chi connectivity index (χ2v) is 8.67. The number of carbonyl (C=O) groups is 1. The number of piperazine rings is 1. The topological polar surface area (TPSA) is 116 Å². The fourth-order valence-electron chi connectivity index (χ4n) is 4.26. The normalized spacial score (nSPS) is 14.8. The second kappa shape index (κ2) is 9.72. The van der Waals surface area contributed by atoms with Gasteiger partial charge in [0.25, 0.3) is 5.88 Å². The van der Waals surface area contributed by atoms with E-state index in [-0.39, 0.29) is 5.91 Å². The molecular weight excluding hydrogens is 446 g/mol. The number of rotatable bonds is 7. The molecule has 0 spiro atoms. The number of nitrogens with one attached hydrogen (secondary N) is 3. The number of H-pyrrole nitrogens is 1. The zero-order valence-electron chi connectivity index (χ0n) is 20.1. The summed E-state index contributed by atoms with van der Waals surface area (Å²) in [4.78, 5) is 29.5. The van der Waals surface area contributed by atoms with E-state index in [9.17, 15) is 4.79 Å². The summed E-state index contributed by atoms with van der Waals surface area (Å²) < 4.78 is 6.96. The van der Waals surface area contributed by atoms with E-state index >= 15 is 0 Å². The molecule has 0 atom stereocenters. The highest BCUT2D eigenvalue weighted by molar-refractivity contribution is 6.05. The average Bonchev–Trinajstić information content (AvgIpc) is 3.44. The number of methoxy groups -OCH3 is 1. The van der Waals surface area contributed by atoms with E-state index in [1.165, 1.54) is 0 Å². The van der Waals surface area contributed by atoms with Crippen LogP contribution in [0.1, 0.15) is 0 Å². The van der Waals surface area contributed by atoms with Crippen LogP contribution in [0, 0.1) is 0 Å². The molecule has 1 aliphatic heterocycles. The molecule has 11 heteroatoms. The first-order valence-electron chi connectivity index (χ1n) is 11.5. The van der Waals surface area contributed by atoms with Crippen LogP contribution in [0.3, 0.4) is 0 Å². The number of nitrogens with zero attached hydrogens (tertiary/aromatic N) is 6. The molecule has 0 saturated carbocycles. The van der Waals surface area contributed by atoms with Gasteiger partial charge in [-0.3, -0.25) is 14.4 Å². The lowest BCUT2D eigenvalue weighted by molar-refractivity contribution is -0.117. The Hall–Kier alpha value is -3.96. The molecular formula is C24H29N9O2. The zero-order valence-corrected chi connectivity index (χ0v) is 20.1. The molecule has 0 aliphatic carbocycles. The van der Waals surface area contributed by atoms with Crippen molar-refractivity contribution in [1.82, 2.24) is 34.5 Å². The molecule has 3 N–H and O–H groups in total. The van der Waals surface area contributed by atoms with Crippen LogP contribution in [-0.4, -0.2) is 87.3 Å².